The molecule has 2 aliphatic rings. The van der Waals surface area contributed by atoms with Crippen LogP contribution in [0.25, 0.3) is 6.08 Å². The molecule has 1 saturated heterocycles. The van der Waals surface area contributed by atoms with Crippen molar-refractivity contribution in [1.82, 2.24) is 5.32 Å². The van der Waals surface area contributed by atoms with Crippen LogP contribution >= 0.6 is 11.8 Å². The Hall–Kier alpha value is -1.75. The first kappa shape index (κ1) is 13.2. The number of thioether (sulfide) groups is 1. The number of hydrogen-bond acceptors (Lipinski definition) is 4. The highest BCUT2D eigenvalue weighted by Crippen LogP contribution is 2.28. The van der Waals surface area contributed by atoms with Gasteiger partial charge in [0.05, 0.1) is 11.5 Å². The fraction of sp³-hybridized carbons (Fsp3) is 0.333. The van der Waals surface area contributed by atoms with Gasteiger partial charge in [-0.05, 0) is 54.3 Å². The van der Waals surface area contributed by atoms with Gasteiger partial charge in [-0.15, -0.1) is 0 Å². The topological polar surface area (TPSA) is 55.4 Å². The Morgan fingerprint density at radius 3 is 2.55 bits per heavy atom. The fourth-order valence-corrected chi connectivity index (χ4v) is 2.79. The summed E-state index contributed by atoms with van der Waals surface area (Å²) < 4.78 is 5.71. The second-order valence-electron chi connectivity index (χ2n) is 5.03. The summed E-state index contributed by atoms with van der Waals surface area (Å²) in [6.07, 6.45) is 5.56. The van der Waals surface area contributed by atoms with Crippen molar-refractivity contribution in [1.29, 1.82) is 0 Å². The standard InChI is InChI=1S/C15H15NO3S/c17-14-13(20-15(18)16-14)8-10-4-6-12(7-5-10)19-9-11-2-1-3-11/h4-8,11H,1-3,9H2,(H,16,17,18)/b13-8-. The maximum atomic E-state index is 11.4. The third kappa shape index (κ3) is 3.04. The maximum absolute atomic E-state index is 11.4. The van der Waals surface area contributed by atoms with Gasteiger partial charge in [0.15, 0.2) is 0 Å². The van der Waals surface area contributed by atoms with Gasteiger partial charge in [-0.1, -0.05) is 18.6 Å². The van der Waals surface area contributed by atoms with E-state index < -0.39 is 0 Å². The molecule has 4 nitrogen and oxygen atoms in total. The Balaban J connectivity index is 1.62. The van der Waals surface area contributed by atoms with E-state index in [1.807, 2.05) is 24.3 Å². The Morgan fingerprint density at radius 1 is 1.25 bits per heavy atom. The van der Waals surface area contributed by atoms with Crippen molar-refractivity contribution >= 4 is 29.0 Å². The fourth-order valence-electron chi connectivity index (χ4n) is 2.11. The van der Waals surface area contributed by atoms with Crippen LogP contribution in [-0.4, -0.2) is 17.8 Å². The average Bonchev–Trinajstić information content (AvgIpc) is 2.68. The molecule has 1 aromatic carbocycles. The highest BCUT2D eigenvalue weighted by molar-refractivity contribution is 8.18. The molecule has 0 bridgehead atoms. The lowest BCUT2D eigenvalue weighted by Gasteiger charge is -2.25. The third-order valence-electron chi connectivity index (χ3n) is 3.53. The number of benzene rings is 1. The Labute approximate surface area is 121 Å². The molecule has 3 rings (SSSR count). The number of rotatable bonds is 4. The zero-order chi connectivity index (χ0) is 13.9. The molecule has 1 aromatic rings. The zero-order valence-corrected chi connectivity index (χ0v) is 11.7. The number of ether oxygens (including phenoxy) is 1. The minimum absolute atomic E-state index is 0.318. The molecular formula is C15H15NO3S. The van der Waals surface area contributed by atoms with Gasteiger partial charge in [-0.25, -0.2) is 0 Å². The summed E-state index contributed by atoms with van der Waals surface area (Å²) >= 11 is 0.928. The van der Waals surface area contributed by atoms with Crippen LogP contribution in [0.1, 0.15) is 24.8 Å². The van der Waals surface area contributed by atoms with E-state index in [-0.39, 0.29) is 11.1 Å². The molecule has 0 unspecified atom stereocenters. The molecule has 1 heterocycles. The van der Waals surface area contributed by atoms with E-state index in [1.165, 1.54) is 19.3 Å². The summed E-state index contributed by atoms with van der Waals surface area (Å²) in [6.45, 7) is 0.785. The Kier molecular flexibility index (Phi) is 3.78. The quantitative estimate of drug-likeness (QED) is 0.865. The van der Waals surface area contributed by atoms with Gasteiger partial charge in [0.1, 0.15) is 5.75 Å². The smallest absolute Gasteiger partial charge is 0.290 e. The van der Waals surface area contributed by atoms with Gasteiger partial charge in [0.25, 0.3) is 11.1 Å². The molecule has 5 heteroatoms. The molecule has 1 aliphatic heterocycles. The molecular weight excluding hydrogens is 274 g/mol. The number of amides is 2. The maximum Gasteiger partial charge on any atom is 0.290 e. The summed E-state index contributed by atoms with van der Waals surface area (Å²) in [5, 5.41) is 1.92. The highest BCUT2D eigenvalue weighted by Gasteiger charge is 2.24. The van der Waals surface area contributed by atoms with E-state index in [0.717, 1.165) is 29.7 Å². The molecule has 1 aliphatic carbocycles. The highest BCUT2D eigenvalue weighted by atomic mass is 32.2. The Morgan fingerprint density at radius 2 is 2.00 bits per heavy atom. The third-order valence-corrected chi connectivity index (χ3v) is 4.34. The van der Waals surface area contributed by atoms with Crippen molar-refractivity contribution in [2.24, 2.45) is 5.92 Å². The predicted molar refractivity (Wildman–Crippen MR) is 78.4 cm³/mol. The van der Waals surface area contributed by atoms with E-state index in [9.17, 15) is 9.59 Å². The van der Waals surface area contributed by atoms with E-state index in [4.69, 9.17) is 4.74 Å². The largest absolute Gasteiger partial charge is 0.493 e. The van der Waals surface area contributed by atoms with Gasteiger partial charge in [-0.2, -0.15) is 0 Å². The number of nitrogens with one attached hydrogen (secondary N) is 1. The first-order chi connectivity index (χ1) is 9.70. The molecule has 1 saturated carbocycles. The van der Waals surface area contributed by atoms with Crippen LogP contribution < -0.4 is 10.1 Å². The normalized spacial score (nSPS) is 20.9. The van der Waals surface area contributed by atoms with Crippen molar-refractivity contribution in [3.05, 3.63) is 34.7 Å². The van der Waals surface area contributed by atoms with Crippen molar-refractivity contribution in [2.45, 2.75) is 19.3 Å². The molecule has 1 N–H and O–H groups in total. The Bertz CT molecular complexity index is 561. The number of carbonyl (C=O) groups is 2. The monoisotopic (exact) mass is 289 g/mol. The van der Waals surface area contributed by atoms with Gasteiger partial charge < -0.3 is 4.74 Å². The predicted octanol–water partition coefficient (Wildman–Crippen LogP) is 3.19. The second kappa shape index (κ2) is 5.71. The van der Waals surface area contributed by atoms with Crippen LogP contribution in [0.15, 0.2) is 29.2 Å². The van der Waals surface area contributed by atoms with E-state index in [0.29, 0.717) is 10.8 Å². The summed E-state index contributed by atoms with van der Waals surface area (Å²) in [5.41, 5.74) is 0.883. The minimum atomic E-state index is -0.328. The number of hydrogen-bond donors (Lipinski definition) is 1. The SMILES string of the molecule is O=C1NC(=O)/C(=C/c2ccc(OCC3CCC3)cc2)S1. The summed E-state index contributed by atoms with van der Waals surface area (Å²) in [6, 6.07) is 7.56. The summed E-state index contributed by atoms with van der Waals surface area (Å²) in [4.78, 5) is 22.9. The van der Waals surface area contributed by atoms with Gasteiger partial charge >= 0.3 is 0 Å². The van der Waals surface area contributed by atoms with Gasteiger partial charge in [0, 0.05) is 0 Å². The zero-order valence-electron chi connectivity index (χ0n) is 10.9. The molecule has 2 fully saturated rings. The van der Waals surface area contributed by atoms with Crippen LogP contribution in [0.4, 0.5) is 4.79 Å². The number of imide groups is 1. The van der Waals surface area contributed by atoms with Crippen molar-refractivity contribution in [2.75, 3.05) is 6.61 Å². The second-order valence-corrected chi connectivity index (χ2v) is 6.04. The lowest BCUT2D eigenvalue weighted by molar-refractivity contribution is -0.115. The molecule has 0 spiro atoms. The number of carbonyl (C=O) groups excluding carboxylic acids is 2. The lowest BCUT2D eigenvalue weighted by atomic mass is 9.86. The van der Waals surface area contributed by atoms with Crippen molar-refractivity contribution < 1.29 is 14.3 Å². The molecule has 0 atom stereocenters. The first-order valence-electron chi connectivity index (χ1n) is 6.68. The lowest BCUT2D eigenvalue weighted by Crippen LogP contribution is -2.19. The van der Waals surface area contributed by atoms with Crippen molar-refractivity contribution in [3.8, 4) is 5.75 Å². The van der Waals surface area contributed by atoms with Crippen LogP contribution in [0.3, 0.4) is 0 Å². The molecule has 0 aromatic heterocycles. The molecule has 2 amide bonds. The van der Waals surface area contributed by atoms with E-state index in [1.54, 1.807) is 6.08 Å². The average molecular weight is 289 g/mol. The van der Waals surface area contributed by atoms with Crippen LogP contribution in [0, 0.1) is 5.92 Å². The van der Waals surface area contributed by atoms with Crippen molar-refractivity contribution in [3.63, 3.8) is 0 Å². The minimum Gasteiger partial charge on any atom is -0.493 e. The van der Waals surface area contributed by atoms with E-state index >= 15 is 0 Å². The molecule has 20 heavy (non-hydrogen) atoms. The van der Waals surface area contributed by atoms with Crippen LogP contribution in [0.5, 0.6) is 5.75 Å². The van der Waals surface area contributed by atoms with Gasteiger partial charge in [-0.3, -0.25) is 14.9 Å². The molecule has 104 valence electrons. The van der Waals surface area contributed by atoms with E-state index in [2.05, 4.69) is 5.32 Å². The van der Waals surface area contributed by atoms with Crippen LogP contribution in [0.2, 0.25) is 0 Å². The summed E-state index contributed by atoms with van der Waals surface area (Å²) in [5.74, 6) is 1.23. The summed E-state index contributed by atoms with van der Waals surface area (Å²) in [7, 11) is 0. The first-order valence-corrected chi connectivity index (χ1v) is 7.50. The molecule has 0 radical (unpaired) electrons. The van der Waals surface area contributed by atoms with Gasteiger partial charge in [0.2, 0.25) is 0 Å². The van der Waals surface area contributed by atoms with Crippen LogP contribution in [-0.2, 0) is 4.79 Å².